The van der Waals surface area contributed by atoms with E-state index in [0.29, 0.717) is 13.2 Å². The maximum Gasteiger partial charge on any atom is 0.508 e. The molecule has 1 aliphatic heterocycles. The first-order chi connectivity index (χ1) is 12.7. The summed E-state index contributed by atoms with van der Waals surface area (Å²) in [5.74, 6) is -0.631. The summed E-state index contributed by atoms with van der Waals surface area (Å²) in [6.45, 7) is 8.16. The van der Waals surface area contributed by atoms with E-state index in [4.69, 9.17) is 14.2 Å². The Morgan fingerprint density at radius 1 is 1.19 bits per heavy atom. The molecule has 27 heavy (non-hydrogen) atoms. The zero-order chi connectivity index (χ0) is 20.0. The van der Waals surface area contributed by atoms with Crippen molar-refractivity contribution in [3.63, 3.8) is 0 Å². The quantitative estimate of drug-likeness (QED) is 0.556. The molecule has 1 heterocycles. The van der Waals surface area contributed by atoms with Crippen LogP contribution in [0.5, 0.6) is 0 Å². The van der Waals surface area contributed by atoms with Gasteiger partial charge in [-0.1, -0.05) is 25.5 Å². The molecular formula is C20H28FNO5. The zero-order valence-electron chi connectivity index (χ0n) is 16.4. The summed E-state index contributed by atoms with van der Waals surface area (Å²) in [4.78, 5) is 25.9. The average Bonchev–Trinajstić information content (AvgIpc) is 2.98. The molecule has 150 valence electrons. The summed E-state index contributed by atoms with van der Waals surface area (Å²) in [5.41, 5.74) is 0.161. The van der Waals surface area contributed by atoms with Crippen LogP contribution in [-0.4, -0.2) is 48.5 Å². The van der Waals surface area contributed by atoms with E-state index in [1.54, 1.807) is 32.9 Å². The predicted molar refractivity (Wildman–Crippen MR) is 98.1 cm³/mol. The van der Waals surface area contributed by atoms with Crippen molar-refractivity contribution >= 4 is 12.2 Å². The first kappa shape index (κ1) is 21.0. The zero-order valence-corrected chi connectivity index (χ0v) is 16.4. The van der Waals surface area contributed by atoms with E-state index in [9.17, 15) is 14.0 Å². The first-order valence-corrected chi connectivity index (χ1v) is 9.26. The van der Waals surface area contributed by atoms with Crippen molar-refractivity contribution in [3.05, 3.63) is 35.6 Å². The van der Waals surface area contributed by atoms with Crippen LogP contribution in [0.25, 0.3) is 0 Å². The number of amides is 1. The van der Waals surface area contributed by atoms with Gasteiger partial charge in [-0.2, -0.15) is 0 Å². The molecule has 1 aliphatic rings. The van der Waals surface area contributed by atoms with Gasteiger partial charge in [0.1, 0.15) is 17.5 Å². The van der Waals surface area contributed by atoms with Crippen LogP contribution >= 0.6 is 0 Å². The third-order valence-corrected chi connectivity index (χ3v) is 4.18. The van der Waals surface area contributed by atoms with E-state index in [2.05, 4.69) is 0 Å². The molecule has 1 saturated heterocycles. The van der Waals surface area contributed by atoms with Crippen LogP contribution in [0.4, 0.5) is 14.0 Å². The molecule has 0 saturated carbocycles. The molecule has 0 N–H and O–H groups in total. The Balaban J connectivity index is 2.10. The van der Waals surface area contributed by atoms with Crippen molar-refractivity contribution < 1.29 is 28.2 Å². The second kappa shape index (κ2) is 9.06. The van der Waals surface area contributed by atoms with Gasteiger partial charge in [-0.25, -0.2) is 14.0 Å². The third-order valence-electron chi connectivity index (χ3n) is 4.18. The van der Waals surface area contributed by atoms with E-state index in [1.165, 1.54) is 17.0 Å². The Kier molecular flexibility index (Phi) is 7.05. The van der Waals surface area contributed by atoms with Gasteiger partial charge in [0.05, 0.1) is 13.2 Å². The van der Waals surface area contributed by atoms with Gasteiger partial charge >= 0.3 is 12.2 Å². The van der Waals surface area contributed by atoms with Crippen molar-refractivity contribution in [2.24, 2.45) is 0 Å². The number of carbonyl (C=O) groups is 2. The monoisotopic (exact) mass is 381 g/mol. The largest absolute Gasteiger partial charge is 0.508 e. The number of nitrogens with zero attached hydrogens (tertiary/aromatic N) is 1. The van der Waals surface area contributed by atoms with E-state index in [-0.39, 0.29) is 18.3 Å². The normalized spacial score (nSPS) is 19.7. The minimum Gasteiger partial charge on any atom is -0.444 e. The summed E-state index contributed by atoms with van der Waals surface area (Å²) in [5, 5.41) is 0. The van der Waals surface area contributed by atoms with Gasteiger partial charge in [0, 0.05) is 12.5 Å². The molecule has 2 rings (SSSR count). The van der Waals surface area contributed by atoms with Crippen LogP contribution in [0.2, 0.25) is 0 Å². The topological polar surface area (TPSA) is 65.1 Å². The lowest BCUT2D eigenvalue weighted by atomic mass is 9.96. The van der Waals surface area contributed by atoms with Gasteiger partial charge in [-0.3, -0.25) is 0 Å². The Hall–Kier alpha value is -2.31. The van der Waals surface area contributed by atoms with Gasteiger partial charge in [-0.05, 0) is 44.9 Å². The maximum absolute atomic E-state index is 13.3. The highest BCUT2D eigenvalue weighted by molar-refractivity contribution is 5.69. The fraction of sp³-hybridized carbons (Fsp3) is 0.600. The molecule has 1 aromatic rings. The number of likely N-dealkylation sites (tertiary alicyclic amines) is 1. The van der Waals surface area contributed by atoms with Gasteiger partial charge in [0.25, 0.3) is 0 Å². The number of unbranched alkanes of at least 4 members (excludes halogenated alkanes) is 1. The molecule has 0 unspecified atom stereocenters. The molecule has 7 heteroatoms. The van der Waals surface area contributed by atoms with Crippen molar-refractivity contribution in [3.8, 4) is 0 Å². The van der Waals surface area contributed by atoms with E-state index in [0.717, 1.165) is 18.4 Å². The standard InChI is InChI=1S/C20H28FNO5/c1-5-6-11-25-19(24)26-17-13-22(18(23)27-20(2,3)4)12-16(17)14-7-9-15(21)10-8-14/h7-10,16-17H,5-6,11-13H2,1-4H3/t16-,17+/m1/s1. The summed E-state index contributed by atoms with van der Waals surface area (Å²) < 4.78 is 29.2. The highest BCUT2D eigenvalue weighted by atomic mass is 19.1. The first-order valence-electron chi connectivity index (χ1n) is 9.26. The smallest absolute Gasteiger partial charge is 0.444 e. The van der Waals surface area contributed by atoms with Crippen LogP contribution < -0.4 is 0 Å². The molecule has 0 radical (unpaired) electrons. The molecule has 1 amide bonds. The minimum atomic E-state index is -0.758. The fourth-order valence-corrected chi connectivity index (χ4v) is 2.86. The van der Waals surface area contributed by atoms with Gasteiger partial charge in [0.15, 0.2) is 0 Å². The molecule has 0 aliphatic carbocycles. The number of hydrogen-bond acceptors (Lipinski definition) is 5. The number of ether oxygens (including phenoxy) is 3. The van der Waals surface area contributed by atoms with Gasteiger partial charge in [-0.15, -0.1) is 0 Å². The molecule has 6 nitrogen and oxygen atoms in total. The van der Waals surface area contributed by atoms with Crippen molar-refractivity contribution in [1.29, 1.82) is 0 Å². The van der Waals surface area contributed by atoms with Crippen LogP contribution in [0, 0.1) is 5.82 Å². The highest BCUT2D eigenvalue weighted by Crippen LogP contribution is 2.31. The molecular weight excluding hydrogens is 353 g/mol. The highest BCUT2D eigenvalue weighted by Gasteiger charge is 2.40. The molecule has 1 aromatic carbocycles. The minimum absolute atomic E-state index is 0.194. The van der Waals surface area contributed by atoms with Crippen LogP contribution in [0.1, 0.15) is 52.0 Å². The number of rotatable bonds is 5. The summed E-state index contributed by atoms with van der Waals surface area (Å²) >= 11 is 0. The maximum atomic E-state index is 13.3. The number of hydrogen-bond donors (Lipinski definition) is 0. The number of halogens is 1. The van der Waals surface area contributed by atoms with Gasteiger partial charge < -0.3 is 19.1 Å². The molecule has 0 aromatic heterocycles. The fourth-order valence-electron chi connectivity index (χ4n) is 2.86. The Bertz CT molecular complexity index is 641. The Labute approximate surface area is 159 Å². The van der Waals surface area contributed by atoms with Crippen molar-refractivity contribution in [1.82, 2.24) is 4.90 Å². The van der Waals surface area contributed by atoms with Crippen LogP contribution in [-0.2, 0) is 14.2 Å². The third kappa shape index (κ3) is 6.41. The van der Waals surface area contributed by atoms with Crippen molar-refractivity contribution in [2.75, 3.05) is 19.7 Å². The Morgan fingerprint density at radius 2 is 1.85 bits per heavy atom. The molecule has 0 bridgehead atoms. The van der Waals surface area contributed by atoms with E-state index >= 15 is 0 Å². The number of benzene rings is 1. The van der Waals surface area contributed by atoms with Crippen LogP contribution in [0.3, 0.4) is 0 Å². The Morgan fingerprint density at radius 3 is 2.44 bits per heavy atom. The lowest BCUT2D eigenvalue weighted by Crippen LogP contribution is -2.36. The second-order valence-electron chi connectivity index (χ2n) is 7.65. The van der Waals surface area contributed by atoms with E-state index in [1.807, 2.05) is 6.92 Å². The summed E-state index contributed by atoms with van der Waals surface area (Å²) in [6.07, 6.45) is -0.157. The predicted octanol–water partition coefficient (Wildman–Crippen LogP) is 4.48. The second-order valence-corrected chi connectivity index (χ2v) is 7.65. The summed E-state index contributed by atoms with van der Waals surface area (Å²) in [6, 6.07) is 5.97. The average molecular weight is 381 g/mol. The summed E-state index contributed by atoms with van der Waals surface area (Å²) in [7, 11) is 0. The molecule has 2 atom stereocenters. The van der Waals surface area contributed by atoms with Crippen molar-refractivity contribution in [2.45, 2.75) is 58.2 Å². The molecule has 1 fully saturated rings. The molecule has 0 spiro atoms. The lowest BCUT2D eigenvalue weighted by molar-refractivity contribution is 0.0126. The van der Waals surface area contributed by atoms with E-state index < -0.39 is 24.0 Å². The van der Waals surface area contributed by atoms with Gasteiger partial charge in [0.2, 0.25) is 0 Å². The van der Waals surface area contributed by atoms with Crippen LogP contribution in [0.15, 0.2) is 24.3 Å². The lowest BCUT2D eigenvalue weighted by Gasteiger charge is -2.24. The SMILES string of the molecule is CCCCOC(=O)O[C@H]1CN(C(=O)OC(C)(C)C)C[C@@H]1c1ccc(F)cc1. The number of carbonyl (C=O) groups excluding carboxylic acids is 2.